The third kappa shape index (κ3) is 9.80. The molecule has 0 aliphatic heterocycles. The molecule has 0 N–H and O–H groups in total. The van der Waals surface area contributed by atoms with E-state index in [9.17, 15) is 12.8 Å². The Bertz CT molecular complexity index is 177. The van der Waals surface area contributed by atoms with Gasteiger partial charge in [-0.3, -0.25) is 4.18 Å². The maximum Gasteiger partial charge on any atom is 0.264 e. The molecule has 0 radical (unpaired) electrons. The van der Waals surface area contributed by atoms with Gasteiger partial charge in [0, 0.05) is 0 Å². The first-order valence-electron chi connectivity index (χ1n) is 3.04. The Labute approximate surface area is 65.4 Å². The highest BCUT2D eigenvalue weighted by atomic mass is 32.2. The molecule has 0 aromatic rings. The summed E-state index contributed by atoms with van der Waals surface area (Å²) in [5, 5.41) is 0. The van der Waals surface area contributed by atoms with E-state index in [4.69, 9.17) is 0 Å². The summed E-state index contributed by atoms with van der Waals surface area (Å²) in [5.41, 5.74) is 0. The van der Waals surface area contributed by atoms with Crippen LogP contribution in [-0.4, -0.2) is 41.2 Å². The highest BCUT2D eigenvalue weighted by Crippen LogP contribution is 1.86. The summed E-state index contributed by atoms with van der Waals surface area (Å²) in [6.45, 7) is -0.554. The molecule has 6 heteroatoms. The van der Waals surface area contributed by atoms with E-state index in [-0.39, 0.29) is 19.8 Å². The van der Waals surface area contributed by atoms with Crippen molar-refractivity contribution in [2.24, 2.45) is 0 Å². The van der Waals surface area contributed by atoms with Crippen LogP contribution in [0.2, 0.25) is 0 Å². The zero-order valence-electron chi connectivity index (χ0n) is 6.25. The van der Waals surface area contributed by atoms with Crippen LogP contribution < -0.4 is 0 Å². The van der Waals surface area contributed by atoms with Crippen LogP contribution in [-0.2, 0) is 19.0 Å². The van der Waals surface area contributed by atoms with Crippen LogP contribution in [0.4, 0.5) is 4.39 Å². The van der Waals surface area contributed by atoms with E-state index >= 15 is 0 Å². The Morgan fingerprint density at radius 2 is 1.91 bits per heavy atom. The van der Waals surface area contributed by atoms with Crippen molar-refractivity contribution in [2.45, 2.75) is 0 Å². The first-order valence-corrected chi connectivity index (χ1v) is 4.86. The molecule has 0 rings (SSSR count). The molecule has 68 valence electrons. The molecule has 0 aliphatic carbocycles. The standard InChI is InChI=1S/C5H11FO4S/c1-11(7,8)10-5-4-9-3-2-6/h2-5H2,1H3. The van der Waals surface area contributed by atoms with Crippen molar-refractivity contribution in [1.29, 1.82) is 0 Å². The van der Waals surface area contributed by atoms with Gasteiger partial charge in [-0.25, -0.2) is 4.39 Å². The molecule has 0 spiro atoms. The van der Waals surface area contributed by atoms with Gasteiger partial charge in [-0.2, -0.15) is 8.42 Å². The molecule has 0 aromatic carbocycles. The largest absolute Gasteiger partial charge is 0.376 e. The topological polar surface area (TPSA) is 52.6 Å². The molecule has 0 amide bonds. The summed E-state index contributed by atoms with van der Waals surface area (Å²) in [4.78, 5) is 0. The lowest BCUT2D eigenvalue weighted by Gasteiger charge is -2.00. The van der Waals surface area contributed by atoms with Crippen LogP contribution in [0.15, 0.2) is 0 Å². The fraction of sp³-hybridized carbons (Fsp3) is 1.00. The van der Waals surface area contributed by atoms with Gasteiger partial charge in [-0.05, 0) is 0 Å². The smallest absolute Gasteiger partial charge is 0.264 e. The first kappa shape index (κ1) is 10.8. The SMILES string of the molecule is CS(=O)(=O)OCCOCCF. The van der Waals surface area contributed by atoms with Gasteiger partial charge in [-0.15, -0.1) is 0 Å². The Kier molecular flexibility index (Phi) is 5.35. The van der Waals surface area contributed by atoms with Crippen molar-refractivity contribution in [3.63, 3.8) is 0 Å². The van der Waals surface area contributed by atoms with Crippen molar-refractivity contribution in [3.05, 3.63) is 0 Å². The fourth-order valence-corrected chi connectivity index (χ4v) is 0.772. The lowest BCUT2D eigenvalue weighted by atomic mass is 10.7. The van der Waals surface area contributed by atoms with Crippen LogP contribution in [0.5, 0.6) is 0 Å². The summed E-state index contributed by atoms with van der Waals surface area (Å²) in [6, 6.07) is 0. The summed E-state index contributed by atoms with van der Waals surface area (Å²) < 4.78 is 40.9. The third-order valence-corrected chi connectivity index (χ3v) is 1.34. The van der Waals surface area contributed by atoms with Crippen molar-refractivity contribution < 1.29 is 21.7 Å². The molecule has 11 heavy (non-hydrogen) atoms. The molecule has 0 saturated carbocycles. The van der Waals surface area contributed by atoms with E-state index in [0.29, 0.717) is 0 Å². The molecule has 0 fully saturated rings. The highest BCUT2D eigenvalue weighted by molar-refractivity contribution is 7.85. The van der Waals surface area contributed by atoms with E-state index < -0.39 is 16.8 Å². The van der Waals surface area contributed by atoms with Crippen LogP contribution in [0.3, 0.4) is 0 Å². The molecule has 0 aliphatic rings. The van der Waals surface area contributed by atoms with E-state index in [1.807, 2.05) is 0 Å². The molecular formula is C5H11FO4S. The lowest BCUT2D eigenvalue weighted by molar-refractivity contribution is 0.0918. The zero-order valence-corrected chi connectivity index (χ0v) is 7.06. The summed E-state index contributed by atoms with van der Waals surface area (Å²) in [6.07, 6.45) is 0.947. The normalized spacial score (nSPS) is 11.8. The summed E-state index contributed by atoms with van der Waals surface area (Å²) in [7, 11) is -3.39. The molecule has 0 bridgehead atoms. The van der Waals surface area contributed by atoms with Crippen LogP contribution in [0.1, 0.15) is 0 Å². The monoisotopic (exact) mass is 186 g/mol. The fourth-order valence-electron chi connectivity index (χ4n) is 0.401. The molecule has 0 atom stereocenters. The number of rotatable bonds is 6. The zero-order chi connectivity index (χ0) is 8.74. The predicted molar refractivity (Wildman–Crippen MR) is 37.6 cm³/mol. The molecule has 0 unspecified atom stereocenters. The van der Waals surface area contributed by atoms with Gasteiger partial charge in [0.25, 0.3) is 10.1 Å². The van der Waals surface area contributed by atoms with Crippen molar-refractivity contribution in [2.75, 3.05) is 32.8 Å². The average molecular weight is 186 g/mol. The Morgan fingerprint density at radius 3 is 2.36 bits per heavy atom. The number of hydrogen-bond donors (Lipinski definition) is 0. The molecular weight excluding hydrogens is 175 g/mol. The number of alkyl halides is 1. The molecule has 0 heterocycles. The molecule has 0 aromatic heterocycles. The van der Waals surface area contributed by atoms with Gasteiger partial charge < -0.3 is 4.74 Å². The van der Waals surface area contributed by atoms with Gasteiger partial charge in [0.1, 0.15) is 6.67 Å². The quantitative estimate of drug-likeness (QED) is 0.431. The average Bonchev–Trinajstić information content (AvgIpc) is 1.85. The van der Waals surface area contributed by atoms with Gasteiger partial charge in [0.05, 0.1) is 26.1 Å². The van der Waals surface area contributed by atoms with E-state index in [2.05, 4.69) is 8.92 Å². The van der Waals surface area contributed by atoms with Crippen LogP contribution >= 0.6 is 0 Å². The van der Waals surface area contributed by atoms with Crippen molar-refractivity contribution in [3.8, 4) is 0 Å². The Balaban J connectivity index is 3.16. The van der Waals surface area contributed by atoms with Crippen molar-refractivity contribution >= 4 is 10.1 Å². The van der Waals surface area contributed by atoms with Gasteiger partial charge in [-0.1, -0.05) is 0 Å². The maximum absolute atomic E-state index is 11.4. The second-order valence-corrected chi connectivity index (χ2v) is 3.47. The van der Waals surface area contributed by atoms with E-state index in [1.54, 1.807) is 0 Å². The minimum Gasteiger partial charge on any atom is -0.376 e. The highest BCUT2D eigenvalue weighted by Gasteiger charge is 1.99. The minimum atomic E-state index is -3.39. The van der Waals surface area contributed by atoms with Crippen LogP contribution in [0, 0.1) is 0 Å². The molecule has 0 saturated heterocycles. The van der Waals surface area contributed by atoms with Crippen LogP contribution in [0.25, 0.3) is 0 Å². The second-order valence-electron chi connectivity index (χ2n) is 1.83. The maximum atomic E-state index is 11.4. The van der Waals surface area contributed by atoms with E-state index in [0.717, 1.165) is 6.26 Å². The molecule has 4 nitrogen and oxygen atoms in total. The van der Waals surface area contributed by atoms with E-state index in [1.165, 1.54) is 0 Å². The van der Waals surface area contributed by atoms with Gasteiger partial charge >= 0.3 is 0 Å². The predicted octanol–water partition coefficient (Wildman–Crippen LogP) is -0.0513. The second kappa shape index (κ2) is 5.45. The Morgan fingerprint density at radius 1 is 1.27 bits per heavy atom. The third-order valence-electron chi connectivity index (χ3n) is 0.747. The number of halogens is 1. The van der Waals surface area contributed by atoms with Crippen molar-refractivity contribution in [1.82, 2.24) is 0 Å². The summed E-state index contributed by atoms with van der Waals surface area (Å²) >= 11 is 0. The number of hydrogen-bond acceptors (Lipinski definition) is 4. The lowest BCUT2D eigenvalue weighted by Crippen LogP contribution is -2.10. The van der Waals surface area contributed by atoms with Gasteiger partial charge in [0.2, 0.25) is 0 Å². The minimum absolute atomic E-state index is 0.0207. The Hall–Kier alpha value is -0.200. The first-order chi connectivity index (χ1) is 5.06. The number of ether oxygens (including phenoxy) is 1. The summed E-state index contributed by atoms with van der Waals surface area (Å²) in [5.74, 6) is 0. The van der Waals surface area contributed by atoms with Gasteiger partial charge in [0.15, 0.2) is 0 Å².